The Bertz CT molecular complexity index is 963. The lowest BCUT2D eigenvalue weighted by Gasteiger charge is -2.05. The minimum Gasteiger partial charge on any atom is -0.355 e. The zero-order valence-corrected chi connectivity index (χ0v) is 16.1. The van der Waals surface area contributed by atoms with Gasteiger partial charge in [0.2, 0.25) is 5.91 Å². The maximum Gasteiger partial charge on any atom is 0.261 e. The van der Waals surface area contributed by atoms with Crippen molar-refractivity contribution in [3.05, 3.63) is 45.9 Å². The summed E-state index contributed by atoms with van der Waals surface area (Å²) >= 11 is 7.41. The van der Waals surface area contributed by atoms with Crippen LogP contribution in [-0.2, 0) is 4.79 Å². The second-order valence-electron chi connectivity index (χ2n) is 5.84. The van der Waals surface area contributed by atoms with Crippen LogP contribution < -0.4 is 10.6 Å². The maximum absolute atomic E-state index is 12.4. The van der Waals surface area contributed by atoms with Gasteiger partial charge in [0.1, 0.15) is 4.83 Å². The fraction of sp³-hybridized carbons (Fsp3) is 0.278. The minimum absolute atomic E-state index is 0.0352. The van der Waals surface area contributed by atoms with Crippen molar-refractivity contribution in [3.8, 4) is 5.69 Å². The van der Waals surface area contributed by atoms with Crippen molar-refractivity contribution < 1.29 is 9.59 Å². The monoisotopic (exact) mass is 390 g/mol. The number of thiophene rings is 1. The molecule has 0 aliphatic rings. The lowest BCUT2D eigenvalue weighted by molar-refractivity contribution is -0.120. The van der Waals surface area contributed by atoms with E-state index in [1.165, 1.54) is 11.3 Å². The molecule has 0 saturated carbocycles. The third kappa shape index (κ3) is 3.89. The normalized spacial score (nSPS) is 10.9. The lowest BCUT2D eigenvalue weighted by Crippen LogP contribution is -2.36. The topological polar surface area (TPSA) is 76.0 Å². The Balaban J connectivity index is 1.82. The predicted octanol–water partition coefficient (Wildman–Crippen LogP) is 3.30. The molecule has 0 atom stereocenters. The first-order chi connectivity index (χ1) is 12.5. The van der Waals surface area contributed by atoms with Gasteiger partial charge in [0.25, 0.3) is 5.91 Å². The van der Waals surface area contributed by atoms with Crippen molar-refractivity contribution in [2.24, 2.45) is 0 Å². The average molecular weight is 391 g/mol. The van der Waals surface area contributed by atoms with Crippen LogP contribution in [0.5, 0.6) is 0 Å². The SMILES string of the molecule is CCCNC(=O)CNC(=O)c1cc2c(C)nn(-c3cccc(Cl)c3)c2s1. The van der Waals surface area contributed by atoms with Crippen LogP contribution in [0.2, 0.25) is 5.02 Å². The molecule has 0 saturated heterocycles. The van der Waals surface area contributed by atoms with Crippen LogP contribution in [-0.4, -0.2) is 34.7 Å². The molecule has 0 aliphatic carbocycles. The first-order valence-corrected chi connectivity index (χ1v) is 9.49. The number of carbonyl (C=O) groups is 2. The molecule has 0 bridgehead atoms. The van der Waals surface area contributed by atoms with Gasteiger partial charge in [0, 0.05) is 17.0 Å². The standard InChI is InChI=1S/C18H19ClN4O2S/c1-3-7-20-16(24)10-21-17(25)15-9-14-11(2)22-23(18(14)26-15)13-6-4-5-12(19)8-13/h4-6,8-9H,3,7,10H2,1-2H3,(H,20,24)(H,21,25). The van der Waals surface area contributed by atoms with E-state index >= 15 is 0 Å². The third-order valence-corrected chi connectivity index (χ3v) is 5.15. The summed E-state index contributed by atoms with van der Waals surface area (Å²) in [7, 11) is 0. The van der Waals surface area contributed by atoms with Crippen LogP contribution in [0.25, 0.3) is 15.9 Å². The fourth-order valence-electron chi connectivity index (χ4n) is 2.52. The van der Waals surface area contributed by atoms with Gasteiger partial charge in [-0.05, 0) is 37.6 Å². The van der Waals surface area contributed by atoms with E-state index < -0.39 is 0 Å². The van der Waals surface area contributed by atoms with Crippen molar-refractivity contribution in [1.82, 2.24) is 20.4 Å². The van der Waals surface area contributed by atoms with E-state index in [4.69, 9.17) is 11.6 Å². The molecule has 3 aromatic rings. The van der Waals surface area contributed by atoms with Crippen LogP contribution in [0.3, 0.4) is 0 Å². The van der Waals surface area contributed by atoms with Gasteiger partial charge in [-0.3, -0.25) is 9.59 Å². The summed E-state index contributed by atoms with van der Waals surface area (Å²) in [6.07, 6.45) is 0.856. The zero-order chi connectivity index (χ0) is 18.7. The molecule has 26 heavy (non-hydrogen) atoms. The van der Waals surface area contributed by atoms with E-state index in [0.29, 0.717) is 16.4 Å². The number of nitrogens with one attached hydrogen (secondary N) is 2. The molecule has 0 unspecified atom stereocenters. The second-order valence-corrected chi connectivity index (χ2v) is 7.31. The highest BCUT2D eigenvalue weighted by molar-refractivity contribution is 7.20. The van der Waals surface area contributed by atoms with E-state index in [1.54, 1.807) is 10.7 Å². The van der Waals surface area contributed by atoms with Crippen LogP contribution in [0, 0.1) is 6.92 Å². The summed E-state index contributed by atoms with van der Waals surface area (Å²) < 4.78 is 1.78. The number of halogens is 1. The highest BCUT2D eigenvalue weighted by Gasteiger charge is 2.17. The first-order valence-electron chi connectivity index (χ1n) is 8.29. The quantitative estimate of drug-likeness (QED) is 0.678. The second kappa shape index (κ2) is 7.88. The fourth-order valence-corrected chi connectivity index (χ4v) is 3.80. The summed E-state index contributed by atoms with van der Waals surface area (Å²) in [6.45, 7) is 4.44. The number of aryl methyl sites for hydroxylation is 1. The molecule has 6 nitrogen and oxygen atoms in total. The minimum atomic E-state index is -0.269. The largest absolute Gasteiger partial charge is 0.355 e. The van der Waals surface area contributed by atoms with E-state index in [-0.39, 0.29) is 18.4 Å². The van der Waals surface area contributed by atoms with Gasteiger partial charge in [0.05, 0.1) is 22.8 Å². The van der Waals surface area contributed by atoms with E-state index in [2.05, 4.69) is 15.7 Å². The molecular weight excluding hydrogens is 372 g/mol. The Labute approximate surface area is 160 Å². The van der Waals surface area contributed by atoms with E-state index in [0.717, 1.165) is 28.0 Å². The Morgan fingerprint density at radius 1 is 1.27 bits per heavy atom. The molecule has 0 fully saturated rings. The van der Waals surface area contributed by atoms with Crippen molar-refractivity contribution in [2.45, 2.75) is 20.3 Å². The van der Waals surface area contributed by atoms with Crippen molar-refractivity contribution in [3.63, 3.8) is 0 Å². The highest BCUT2D eigenvalue weighted by Crippen LogP contribution is 2.30. The molecule has 0 radical (unpaired) electrons. The van der Waals surface area contributed by atoms with Crippen LogP contribution in [0.15, 0.2) is 30.3 Å². The number of hydrogen-bond acceptors (Lipinski definition) is 4. The highest BCUT2D eigenvalue weighted by atomic mass is 35.5. The molecule has 3 rings (SSSR count). The number of benzene rings is 1. The number of fused-ring (bicyclic) bond motifs is 1. The molecule has 2 N–H and O–H groups in total. The Kier molecular flexibility index (Phi) is 5.58. The molecule has 2 aromatic heterocycles. The summed E-state index contributed by atoms with van der Waals surface area (Å²) in [5.41, 5.74) is 1.67. The number of amides is 2. The van der Waals surface area contributed by atoms with Crippen molar-refractivity contribution in [2.75, 3.05) is 13.1 Å². The number of nitrogens with zero attached hydrogens (tertiary/aromatic N) is 2. The molecular formula is C18H19ClN4O2S. The summed E-state index contributed by atoms with van der Waals surface area (Å²) in [6, 6.07) is 9.20. The third-order valence-electron chi connectivity index (χ3n) is 3.80. The lowest BCUT2D eigenvalue weighted by atomic mass is 10.3. The maximum atomic E-state index is 12.4. The van der Waals surface area contributed by atoms with Gasteiger partial charge < -0.3 is 10.6 Å². The number of rotatable bonds is 6. The summed E-state index contributed by atoms with van der Waals surface area (Å²) in [5, 5.41) is 11.5. The Morgan fingerprint density at radius 3 is 2.81 bits per heavy atom. The van der Waals surface area contributed by atoms with Crippen LogP contribution in [0.4, 0.5) is 0 Å². The molecule has 136 valence electrons. The predicted molar refractivity (Wildman–Crippen MR) is 104 cm³/mol. The van der Waals surface area contributed by atoms with Gasteiger partial charge in [-0.15, -0.1) is 11.3 Å². The average Bonchev–Trinajstić information content (AvgIpc) is 3.18. The molecule has 8 heteroatoms. The summed E-state index contributed by atoms with van der Waals surface area (Å²) in [4.78, 5) is 25.4. The van der Waals surface area contributed by atoms with Gasteiger partial charge in [-0.1, -0.05) is 24.6 Å². The van der Waals surface area contributed by atoms with Gasteiger partial charge >= 0.3 is 0 Å². The smallest absolute Gasteiger partial charge is 0.261 e. The molecule has 2 amide bonds. The number of hydrogen-bond donors (Lipinski definition) is 2. The molecule has 1 aromatic carbocycles. The van der Waals surface area contributed by atoms with Gasteiger partial charge in [0.15, 0.2) is 0 Å². The number of carbonyl (C=O) groups excluding carboxylic acids is 2. The molecule has 2 heterocycles. The summed E-state index contributed by atoms with van der Waals surface area (Å²) in [5.74, 6) is -0.461. The van der Waals surface area contributed by atoms with Crippen molar-refractivity contribution in [1.29, 1.82) is 0 Å². The Hall–Kier alpha value is -2.38. The van der Waals surface area contributed by atoms with Crippen LogP contribution >= 0.6 is 22.9 Å². The van der Waals surface area contributed by atoms with E-state index in [1.807, 2.05) is 38.1 Å². The Morgan fingerprint density at radius 2 is 2.08 bits per heavy atom. The van der Waals surface area contributed by atoms with Crippen molar-refractivity contribution >= 4 is 45.0 Å². The molecule has 0 spiro atoms. The number of aromatic nitrogens is 2. The van der Waals surface area contributed by atoms with Gasteiger partial charge in [-0.25, -0.2) is 4.68 Å². The van der Waals surface area contributed by atoms with E-state index in [9.17, 15) is 9.59 Å². The molecule has 0 aliphatic heterocycles. The first kappa shape index (κ1) is 18.4. The zero-order valence-electron chi connectivity index (χ0n) is 14.5. The van der Waals surface area contributed by atoms with Gasteiger partial charge in [-0.2, -0.15) is 5.10 Å². The van der Waals surface area contributed by atoms with Crippen LogP contribution in [0.1, 0.15) is 28.7 Å².